The smallest absolute Gasteiger partial charge is 0.125 e. The SMILES string of the molecule is COOC(C)/C(C#N)=C/c1ccc(O)cc1. The molecule has 0 heterocycles. The van der Waals surface area contributed by atoms with Gasteiger partial charge in [0.15, 0.2) is 0 Å². The second-order valence-electron chi connectivity index (χ2n) is 3.21. The van der Waals surface area contributed by atoms with Crippen LogP contribution in [0.25, 0.3) is 6.08 Å². The van der Waals surface area contributed by atoms with E-state index < -0.39 is 6.10 Å². The van der Waals surface area contributed by atoms with Gasteiger partial charge in [0.25, 0.3) is 0 Å². The van der Waals surface area contributed by atoms with E-state index in [2.05, 4.69) is 4.89 Å². The Hall–Kier alpha value is -1.83. The van der Waals surface area contributed by atoms with E-state index in [0.29, 0.717) is 5.57 Å². The Kier molecular flexibility index (Phi) is 4.52. The summed E-state index contributed by atoms with van der Waals surface area (Å²) in [7, 11) is 1.39. The summed E-state index contributed by atoms with van der Waals surface area (Å²) >= 11 is 0. The molecular formula is C12H13NO3. The monoisotopic (exact) mass is 219 g/mol. The topological polar surface area (TPSA) is 62.5 Å². The van der Waals surface area contributed by atoms with Gasteiger partial charge < -0.3 is 5.11 Å². The molecule has 1 atom stereocenters. The zero-order valence-electron chi connectivity index (χ0n) is 9.18. The molecule has 0 bridgehead atoms. The molecule has 0 fully saturated rings. The molecule has 16 heavy (non-hydrogen) atoms. The van der Waals surface area contributed by atoms with Crippen molar-refractivity contribution in [3.63, 3.8) is 0 Å². The number of nitrogens with zero attached hydrogens (tertiary/aromatic N) is 1. The molecule has 4 heteroatoms. The number of phenols is 1. The van der Waals surface area contributed by atoms with E-state index in [1.807, 2.05) is 6.07 Å². The average molecular weight is 219 g/mol. The number of rotatable bonds is 4. The molecule has 0 aliphatic rings. The highest BCUT2D eigenvalue weighted by molar-refractivity contribution is 5.58. The van der Waals surface area contributed by atoms with Crippen LogP contribution in [-0.2, 0) is 9.78 Å². The summed E-state index contributed by atoms with van der Waals surface area (Å²) in [5.41, 5.74) is 1.27. The van der Waals surface area contributed by atoms with Crippen molar-refractivity contribution >= 4 is 6.08 Å². The highest BCUT2D eigenvalue weighted by Gasteiger charge is 2.09. The molecule has 1 unspecified atom stereocenters. The van der Waals surface area contributed by atoms with Crippen molar-refractivity contribution in [2.24, 2.45) is 0 Å². The molecule has 1 aromatic carbocycles. The number of nitriles is 1. The number of phenolic OH excluding ortho intramolecular Hbond substituents is 1. The van der Waals surface area contributed by atoms with E-state index in [1.165, 1.54) is 7.11 Å². The van der Waals surface area contributed by atoms with E-state index in [1.54, 1.807) is 37.3 Å². The van der Waals surface area contributed by atoms with Gasteiger partial charge in [-0.3, -0.25) is 0 Å². The summed E-state index contributed by atoms with van der Waals surface area (Å²) < 4.78 is 0. The van der Waals surface area contributed by atoms with E-state index in [-0.39, 0.29) is 5.75 Å². The maximum absolute atomic E-state index is 9.11. The summed E-state index contributed by atoms with van der Waals surface area (Å²) in [6.45, 7) is 1.72. The van der Waals surface area contributed by atoms with Gasteiger partial charge in [0.2, 0.25) is 0 Å². The van der Waals surface area contributed by atoms with Gasteiger partial charge in [-0.1, -0.05) is 12.1 Å². The first-order valence-electron chi connectivity index (χ1n) is 4.77. The summed E-state index contributed by atoms with van der Waals surface area (Å²) in [4.78, 5) is 9.36. The van der Waals surface area contributed by atoms with Crippen LogP contribution in [0, 0.1) is 11.3 Å². The highest BCUT2D eigenvalue weighted by Crippen LogP contribution is 2.15. The minimum atomic E-state index is -0.427. The minimum absolute atomic E-state index is 0.192. The highest BCUT2D eigenvalue weighted by atomic mass is 17.2. The summed E-state index contributed by atoms with van der Waals surface area (Å²) in [6, 6.07) is 8.59. The van der Waals surface area contributed by atoms with Gasteiger partial charge in [-0.2, -0.15) is 5.26 Å². The van der Waals surface area contributed by atoms with Gasteiger partial charge in [-0.25, -0.2) is 9.78 Å². The molecule has 84 valence electrons. The molecule has 1 rings (SSSR count). The van der Waals surface area contributed by atoms with Crippen molar-refractivity contribution in [3.8, 4) is 11.8 Å². The normalized spacial score (nSPS) is 13.2. The Balaban J connectivity index is 2.88. The Labute approximate surface area is 94.3 Å². The molecule has 0 aromatic heterocycles. The standard InChI is InChI=1S/C12H13NO3/c1-9(16-15-2)11(8-13)7-10-3-5-12(14)6-4-10/h3-7,9,14H,1-2H3/b11-7+. The van der Waals surface area contributed by atoms with E-state index in [4.69, 9.17) is 15.3 Å². The zero-order valence-corrected chi connectivity index (χ0v) is 9.18. The second-order valence-corrected chi connectivity index (χ2v) is 3.21. The summed E-state index contributed by atoms with van der Waals surface area (Å²) in [5.74, 6) is 0.192. The molecule has 0 saturated carbocycles. The van der Waals surface area contributed by atoms with Crippen molar-refractivity contribution < 1.29 is 14.9 Å². The number of benzene rings is 1. The molecule has 0 saturated heterocycles. The fourth-order valence-corrected chi connectivity index (χ4v) is 1.19. The lowest BCUT2D eigenvalue weighted by Crippen LogP contribution is -2.09. The number of hydrogen-bond acceptors (Lipinski definition) is 4. The Bertz CT molecular complexity index is 403. The van der Waals surface area contributed by atoms with Crippen LogP contribution in [0.2, 0.25) is 0 Å². The Morgan fingerprint density at radius 1 is 1.44 bits per heavy atom. The van der Waals surface area contributed by atoms with Crippen LogP contribution in [0.5, 0.6) is 5.75 Å². The first-order valence-corrected chi connectivity index (χ1v) is 4.77. The third-order valence-electron chi connectivity index (χ3n) is 2.02. The van der Waals surface area contributed by atoms with Crippen molar-refractivity contribution in [1.82, 2.24) is 0 Å². The minimum Gasteiger partial charge on any atom is -0.508 e. The van der Waals surface area contributed by atoms with Gasteiger partial charge in [-0.05, 0) is 30.7 Å². The van der Waals surface area contributed by atoms with Crippen molar-refractivity contribution in [1.29, 1.82) is 5.26 Å². The first kappa shape index (κ1) is 12.2. The van der Waals surface area contributed by atoms with Crippen LogP contribution in [0.15, 0.2) is 29.8 Å². The summed E-state index contributed by atoms with van der Waals surface area (Å²) in [5, 5.41) is 18.0. The lowest BCUT2D eigenvalue weighted by atomic mass is 10.1. The van der Waals surface area contributed by atoms with E-state index in [0.717, 1.165) is 5.56 Å². The summed E-state index contributed by atoms with van der Waals surface area (Å²) in [6.07, 6.45) is 1.26. The average Bonchev–Trinajstić information content (AvgIpc) is 2.28. The first-order chi connectivity index (χ1) is 7.67. The maximum atomic E-state index is 9.11. The van der Waals surface area contributed by atoms with Crippen LogP contribution in [0.1, 0.15) is 12.5 Å². The van der Waals surface area contributed by atoms with Gasteiger partial charge in [0, 0.05) is 0 Å². The zero-order chi connectivity index (χ0) is 12.0. The van der Waals surface area contributed by atoms with Crippen molar-refractivity contribution in [2.45, 2.75) is 13.0 Å². The van der Waals surface area contributed by atoms with E-state index >= 15 is 0 Å². The Morgan fingerprint density at radius 3 is 2.56 bits per heavy atom. The number of aromatic hydroxyl groups is 1. The third-order valence-corrected chi connectivity index (χ3v) is 2.02. The van der Waals surface area contributed by atoms with Gasteiger partial charge in [-0.15, -0.1) is 0 Å². The molecule has 1 N–H and O–H groups in total. The van der Waals surface area contributed by atoms with Crippen LogP contribution < -0.4 is 0 Å². The van der Waals surface area contributed by atoms with Crippen molar-refractivity contribution in [2.75, 3.05) is 7.11 Å². The molecule has 1 aromatic rings. The van der Waals surface area contributed by atoms with E-state index in [9.17, 15) is 0 Å². The molecule has 0 radical (unpaired) electrons. The molecule has 0 spiro atoms. The number of hydrogen-bond donors (Lipinski definition) is 1. The largest absolute Gasteiger partial charge is 0.508 e. The predicted molar refractivity (Wildman–Crippen MR) is 59.3 cm³/mol. The Morgan fingerprint density at radius 2 is 2.06 bits per heavy atom. The molecule has 0 amide bonds. The van der Waals surface area contributed by atoms with Crippen LogP contribution in [0.4, 0.5) is 0 Å². The molecule has 0 aliphatic heterocycles. The second kappa shape index (κ2) is 5.91. The molecular weight excluding hydrogens is 206 g/mol. The lowest BCUT2D eigenvalue weighted by molar-refractivity contribution is -0.290. The van der Waals surface area contributed by atoms with Gasteiger partial charge in [0.05, 0.1) is 18.8 Å². The molecule has 4 nitrogen and oxygen atoms in total. The third kappa shape index (κ3) is 3.39. The molecule has 0 aliphatic carbocycles. The van der Waals surface area contributed by atoms with Crippen LogP contribution in [-0.4, -0.2) is 18.3 Å². The van der Waals surface area contributed by atoms with Crippen LogP contribution in [0.3, 0.4) is 0 Å². The maximum Gasteiger partial charge on any atom is 0.125 e. The quantitative estimate of drug-likeness (QED) is 0.479. The van der Waals surface area contributed by atoms with Crippen molar-refractivity contribution in [3.05, 3.63) is 35.4 Å². The van der Waals surface area contributed by atoms with Gasteiger partial charge >= 0.3 is 0 Å². The fourth-order valence-electron chi connectivity index (χ4n) is 1.19. The van der Waals surface area contributed by atoms with Crippen LogP contribution >= 0.6 is 0 Å². The fraction of sp³-hybridized carbons (Fsp3) is 0.250. The lowest BCUT2D eigenvalue weighted by Gasteiger charge is -2.08. The van der Waals surface area contributed by atoms with Gasteiger partial charge in [0.1, 0.15) is 11.9 Å². The predicted octanol–water partition coefficient (Wildman–Crippen LogP) is 2.27.